The van der Waals surface area contributed by atoms with Gasteiger partial charge in [-0.3, -0.25) is 14.3 Å². The van der Waals surface area contributed by atoms with E-state index in [-0.39, 0.29) is 24.5 Å². The predicted octanol–water partition coefficient (Wildman–Crippen LogP) is 3.06. The predicted molar refractivity (Wildman–Crippen MR) is 138 cm³/mol. The summed E-state index contributed by atoms with van der Waals surface area (Å²) < 4.78 is 18.6. The van der Waals surface area contributed by atoms with E-state index in [1.807, 2.05) is 48.5 Å². The van der Waals surface area contributed by atoms with E-state index in [0.29, 0.717) is 32.1 Å². The van der Waals surface area contributed by atoms with Crippen molar-refractivity contribution in [2.24, 2.45) is 4.99 Å². The molecule has 2 aliphatic rings. The molecule has 1 unspecified atom stereocenters. The number of hydrogen-bond acceptors (Lipinski definition) is 8. The number of esters is 1. The van der Waals surface area contributed by atoms with Gasteiger partial charge in [-0.1, -0.05) is 53.8 Å². The van der Waals surface area contributed by atoms with E-state index in [9.17, 15) is 9.59 Å². The molecule has 2 aromatic heterocycles. The van der Waals surface area contributed by atoms with Gasteiger partial charge >= 0.3 is 5.97 Å². The van der Waals surface area contributed by atoms with Crippen LogP contribution < -0.4 is 24.4 Å². The number of carbonyl (C=O) groups excluding carboxylic acids is 1. The molecule has 184 valence electrons. The quantitative estimate of drug-likeness (QED) is 0.383. The van der Waals surface area contributed by atoms with E-state index in [1.54, 1.807) is 42.1 Å². The summed E-state index contributed by atoms with van der Waals surface area (Å²) in [5.41, 5.74) is 2.72. The number of thiazole rings is 1. The molecule has 0 spiro atoms. The highest BCUT2D eigenvalue weighted by Crippen LogP contribution is 2.39. The highest BCUT2D eigenvalue weighted by Gasteiger charge is 2.36. The minimum absolute atomic E-state index is 0.114. The van der Waals surface area contributed by atoms with Gasteiger partial charge in [0.25, 0.3) is 5.56 Å². The van der Waals surface area contributed by atoms with Crippen LogP contribution in [0.4, 0.5) is 0 Å². The van der Waals surface area contributed by atoms with Crippen molar-refractivity contribution < 1.29 is 19.0 Å². The van der Waals surface area contributed by atoms with Crippen LogP contribution in [0.25, 0.3) is 11.8 Å². The summed E-state index contributed by atoms with van der Waals surface area (Å²) in [5, 5.41) is 0. The van der Waals surface area contributed by atoms with Gasteiger partial charge < -0.3 is 14.2 Å². The van der Waals surface area contributed by atoms with Crippen LogP contribution in [0.15, 0.2) is 88.4 Å². The smallest absolute Gasteiger partial charge is 0.338 e. The number of carbonyl (C=O) groups is 1. The third-order valence-electron chi connectivity index (χ3n) is 6.07. The highest BCUT2D eigenvalue weighted by atomic mass is 32.1. The van der Waals surface area contributed by atoms with Crippen LogP contribution in [0.2, 0.25) is 0 Å². The lowest BCUT2D eigenvalue weighted by molar-refractivity contribution is -0.138. The Morgan fingerprint density at radius 2 is 1.97 bits per heavy atom. The van der Waals surface area contributed by atoms with Gasteiger partial charge in [0.05, 0.1) is 28.5 Å². The maximum Gasteiger partial charge on any atom is 0.338 e. The summed E-state index contributed by atoms with van der Waals surface area (Å²) in [7, 11) is 0. The van der Waals surface area contributed by atoms with Crippen LogP contribution in [0.1, 0.15) is 29.7 Å². The monoisotopic (exact) mass is 511 g/mol. The normalized spacial score (nSPS) is 16.4. The summed E-state index contributed by atoms with van der Waals surface area (Å²) in [4.78, 5) is 36.8. The summed E-state index contributed by atoms with van der Waals surface area (Å²) in [6.45, 7) is 2.05. The zero-order valence-corrected chi connectivity index (χ0v) is 20.6. The number of pyridine rings is 1. The van der Waals surface area contributed by atoms with Gasteiger partial charge in [-0.25, -0.2) is 9.79 Å². The average molecular weight is 512 g/mol. The fraction of sp³-hybridized carbons (Fsp3) is 0.143. The van der Waals surface area contributed by atoms with Crippen molar-refractivity contribution in [1.82, 2.24) is 9.55 Å². The molecule has 0 saturated carbocycles. The third kappa shape index (κ3) is 4.13. The van der Waals surface area contributed by atoms with E-state index in [0.717, 1.165) is 11.1 Å². The minimum atomic E-state index is -0.781. The Morgan fingerprint density at radius 3 is 2.76 bits per heavy atom. The van der Waals surface area contributed by atoms with Crippen molar-refractivity contribution in [3.63, 3.8) is 0 Å². The first-order valence-corrected chi connectivity index (χ1v) is 12.5. The van der Waals surface area contributed by atoms with Gasteiger partial charge in [-0.05, 0) is 42.3 Å². The van der Waals surface area contributed by atoms with Crippen LogP contribution in [0.5, 0.6) is 11.5 Å². The molecule has 4 heterocycles. The molecule has 0 fully saturated rings. The Hall–Kier alpha value is -4.50. The third-order valence-corrected chi connectivity index (χ3v) is 7.05. The summed E-state index contributed by atoms with van der Waals surface area (Å²) in [6.07, 6.45) is 5.15. The van der Waals surface area contributed by atoms with E-state index in [2.05, 4.69) is 4.98 Å². The zero-order valence-electron chi connectivity index (χ0n) is 19.8. The van der Waals surface area contributed by atoms with Gasteiger partial charge in [0.2, 0.25) is 6.79 Å². The van der Waals surface area contributed by atoms with Crippen LogP contribution in [0.3, 0.4) is 0 Å². The maximum absolute atomic E-state index is 13.8. The molecule has 0 radical (unpaired) electrons. The lowest BCUT2D eigenvalue weighted by Gasteiger charge is -2.26. The lowest BCUT2D eigenvalue weighted by Crippen LogP contribution is -2.40. The van der Waals surface area contributed by atoms with Crippen LogP contribution in [-0.4, -0.2) is 28.9 Å². The molecule has 6 rings (SSSR count). The SMILES string of the molecule is CCOC(=O)C1=C(c2ccccc2)N=c2s/c(=C/c3cccnc3)c(=O)n2C1c1ccc2c(c1)OCO2. The molecule has 37 heavy (non-hydrogen) atoms. The Morgan fingerprint density at radius 1 is 1.14 bits per heavy atom. The lowest BCUT2D eigenvalue weighted by atomic mass is 9.93. The molecule has 9 heteroatoms. The Kier molecular flexibility index (Phi) is 5.90. The molecule has 1 atom stereocenters. The Labute approximate surface area is 215 Å². The molecule has 0 saturated heterocycles. The van der Waals surface area contributed by atoms with Crippen LogP contribution >= 0.6 is 11.3 Å². The second-order valence-corrected chi connectivity index (χ2v) is 9.34. The first kappa shape index (κ1) is 22.9. The van der Waals surface area contributed by atoms with E-state index >= 15 is 0 Å². The van der Waals surface area contributed by atoms with Gasteiger partial charge in [0.15, 0.2) is 16.3 Å². The van der Waals surface area contributed by atoms with Gasteiger partial charge in [-0.15, -0.1) is 0 Å². The molecular formula is C28H21N3O5S. The fourth-order valence-corrected chi connectivity index (χ4v) is 5.45. The van der Waals surface area contributed by atoms with Crippen molar-refractivity contribution in [3.8, 4) is 11.5 Å². The molecular weight excluding hydrogens is 490 g/mol. The van der Waals surface area contributed by atoms with Crippen molar-refractivity contribution in [2.45, 2.75) is 13.0 Å². The van der Waals surface area contributed by atoms with E-state index in [1.165, 1.54) is 11.3 Å². The van der Waals surface area contributed by atoms with Crippen molar-refractivity contribution >= 4 is 29.1 Å². The molecule has 2 aromatic carbocycles. The average Bonchev–Trinajstić information content (AvgIpc) is 3.52. The number of aromatic nitrogens is 2. The fourth-order valence-electron chi connectivity index (χ4n) is 4.45. The van der Waals surface area contributed by atoms with E-state index < -0.39 is 12.0 Å². The van der Waals surface area contributed by atoms with Crippen molar-refractivity contribution in [2.75, 3.05) is 13.4 Å². The first-order valence-electron chi connectivity index (χ1n) is 11.7. The number of fused-ring (bicyclic) bond motifs is 2. The molecule has 2 aliphatic heterocycles. The van der Waals surface area contributed by atoms with Crippen LogP contribution in [-0.2, 0) is 9.53 Å². The zero-order chi connectivity index (χ0) is 25.4. The number of nitrogens with zero attached hydrogens (tertiary/aromatic N) is 3. The molecule has 0 bridgehead atoms. The summed E-state index contributed by atoms with van der Waals surface area (Å²) >= 11 is 1.26. The van der Waals surface area contributed by atoms with Gasteiger partial charge in [-0.2, -0.15) is 0 Å². The first-order chi connectivity index (χ1) is 18.1. The van der Waals surface area contributed by atoms with Crippen molar-refractivity contribution in [1.29, 1.82) is 0 Å². The molecule has 0 amide bonds. The molecule has 4 aromatic rings. The largest absolute Gasteiger partial charge is 0.463 e. The standard InChI is InChI=1S/C28H21N3O5S/c1-2-34-27(33)23-24(18-8-4-3-5-9-18)30-28-31(25(23)19-10-11-20-21(14-19)36-16-35-20)26(32)22(37-28)13-17-7-6-12-29-15-17/h3-15,25H,2,16H2,1H3/b22-13+. The second-order valence-electron chi connectivity index (χ2n) is 8.33. The topological polar surface area (TPSA) is 92.0 Å². The summed E-state index contributed by atoms with van der Waals surface area (Å²) in [5.74, 6) is 0.628. The van der Waals surface area contributed by atoms with Gasteiger partial charge in [0.1, 0.15) is 0 Å². The summed E-state index contributed by atoms with van der Waals surface area (Å²) in [6, 6.07) is 17.8. The second kappa shape index (κ2) is 9.51. The van der Waals surface area contributed by atoms with Crippen molar-refractivity contribution in [3.05, 3.63) is 115 Å². The molecule has 0 N–H and O–H groups in total. The minimum Gasteiger partial charge on any atom is -0.463 e. The van der Waals surface area contributed by atoms with Crippen LogP contribution in [0, 0.1) is 0 Å². The Bertz CT molecular complexity index is 1710. The molecule has 8 nitrogen and oxygen atoms in total. The maximum atomic E-state index is 13.8. The van der Waals surface area contributed by atoms with Gasteiger partial charge in [0, 0.05) is 18.0 Å². The number of rotatable bonds is 5. The number of ether oxygens (including phenoxy) is 3. The van der Waals surface area contributed by atoms with E-state index in [4.69, 9.17) is 19.2 Å². The number of hydrogen-bond donors (Lipinski definition) is 0. The molecule has 0 aliphatic carbocycles. The Balaban J connectivity index is 1.66. The highest BCUT2D eigenvalue weighted by molar-refractivity contribution is 7.07. The number of benzene rings is 2.